The number of hydrogen-bond acceptors (Lipinski definition) is 35. The highest BCUT2D eigenvalue weighted by atomic mass is 127. The molecule has 24 atom stereocenters. The molecule has 0 bridgehead atoms. The van der Waals surface area contributed by atoms with Crippen LogP contribution in [-0.4, -0.2) is 400 Å². The molecular formula is C95H148BrIN26O15P6. The summed E-state index contributed by atoms with van der Waals surface area (Å²) in [6, 6.07) is 6.89. The molecule has 12 aromatic rings. The van der Waals surface area contributed by atoms with Crippen molar-refractivity contribution in [2.45, 2.75) is 216 Å². The molecule has 6 unspecified atom stereocenters. The number of aliphatic hydroxyl groups excluding tert-OH is 8. The van der Waals surface area contributed by atoms with Crippen molar-refractivity contribution >= 4 is 219 Å². The molecule has 792 valence electrons. The number of pyridine rings is 4. The van der Waals surface area contributed by atoms with Crippen LogP contribution < -0.4 is 34.4 Å². The van der Waals surface area contributed by atoms with Gasteiger partial charge in [0.15, 0.2) is 76.7 Å². The van der Waals surface area contributed by atoms with E-state index in [1.54, 1.807) is 95.2 Å². The van der Waals surface area contributed by atoms with Gasteiger partial charge in [-0.25, -0.2) is 69.8 Å². The first-order valence-corrected chi connectivity index (χ1v) is 68.5. The summed E-state index contributed by atoms with van der Waals surface area (Å²) >= 11 is 5.82. The van der Waals surface area contributed by atoms with Gasteiger partial charge in [-0.1, -0.05) is 59.3 Å². The van der Waals surface area contributed by atoms with Crippen LogP contribution in [0.15, 0.2) is 87.0 Å². The first-order chi connectivity index (χ1) is 67.6. The summed E-state index contributed by atoms with van der Waals surface area (Å²) < 4.78 is 52.6. The Balaban J connectivity index is 0.000000145. The van der Waals surface area contributed by atoms with Crippen LogP contribution in [-0.2, 0) is 46.0 Å². The zero-order valence-corrected chi connectivity index (χ0v) is 94.2. The fourth-order valence-corrected chi connectivity index (χ4v) is 25.3. The van der Waals surface area contributed by atoms with Crippen molar-refractivity contribution in [3.05, 3.63) is 98.7 Å². The molecule has 20 N–H and O–H groups in total. The molecule has 0 aromatic carbocycles. The number of nitrogens with zero attached hydrogens (tertiary/aromatic N) is 20. The van der Waals surface area contributed by atoms with Gasteiger partial charge in [0, 0.05) is 50.7 Å². The number of rotatable bonds is 28. The lowest BCUT2D eigenvalue weighted by molar-refractivity contribution is -0.0496. The topological polar surface area (TPSA) is 593 Å². The molecule has 144 heavy (non-hydrogen) atoms. The van der Waals surface area contributed by atoms with E-state index >= 15 is 0 Å². The van der Waals surface area contributed by atoms with Gasteiger partial charge in [0.2, 0.25) is 0 Å². The third kappa shape index (κ3) is 27.2. The van der Waals surface area contributed by atoms with Crippen LogP contribution in [0.1, 0.15) is 115 Å². The number of aromatic nitrogens is 20. The van der Waals surface area contributed by atoms with Crippen molar-refractivity contribution in [2.24, 2.45) is 5.92 Å². The molecule has 6 aliphatic heterocycles. The number of imidazole rings is 6. The molecule has 6 aliphatic rings. The standard InChI is InChI=1S/C17H28N5O3P.C16H26N5O3P.C16H25N4O3P.C16H25N4O2P.C15H22BrN4O2P.C15H22IN4O2P/c1-5-6-11-20-15(18)12-16(21-11)22(9-19-12)17-14(24)13(23)10(25-17)7-8-26(2,3)4;1-5-10-19-14(17)11-15(20-10)21(8-18-11)16-13(23)12(22)9(24-16)6-7-25(2,3)4;1-22-14-13(21)11(6-8-24(2,3)4)23-16(14)20-9-19-12-10(17)5-7-18-15(12)20;1-10-14(21)12(6-8-23(2,3)4)22-16(10)20-9-19-13-11(17)5-7-18-15(13)20;2*1-23(2,3)7-5-10-13(21)11(16)15(22-10)20-8-19-12-9(17)4-6-18-14(12)20/h9-10,13-14,17,23-24H,2,5-8H2,1,3-4H3,(H2,18,20,21);8-9,12-13,16,22-23H,2,5-7H2,1,3-4H3,(H2,17,19,20);5,7,9,11,13-14,16,21H,2,6,8H2,1,3-4H3,(H2,17,18);5,7,9-10,12,14,16,21H,2,6,8H2,1,3-4H3,(H2,17,18);2*4,6,8,10-11,13,15,21H,1,5,7H2,2-3H3,(H2,17,18)/t10?,13-,14-,17-;9?,12-,13-,16-;11?,13-,14-,16-;10-,12?,14+,16-;2*10?,11-,13-,15-/m111111/s1. The van der Waals surface area contributed by atoms with Crippen LogP contribution in [0.25, 0.3) is 67.0 Å². The molecule has 6 saturated heterocycles. The molecule has 6 fully saturated rings. The number of aryl methyl sites for hydroxylation is 2. The summed E-state index contributed by atoms with van der Waals surface area (Å²) in [7, 11) is 1.58. The van der Waals surface area contributed by atoms with Gasteiger partial charge in [-0.15, -0.1) is 79.1 Å². The molecule has 0 saturated carbocycles. The lowest BCUT2D eigenvalue weighted by atomic mass is 10.0. The molecule has 12 aromatic heterocycles. The van der Waals surface area contributed by atoms with Gasteiger partial charge >= 0.3 is 0 Å². The monoisotopic (exact) mass is 2280 g/mol. The van der Waals surface area contributed by atoms with Crippen LogP contribution in [0, 0.1) is 5.92 Å². The predicted octanol–water partition coefficient (Wildman–Crippen LogP) is 9.47. The van der Waals surface area contributed by atoms with Crippen molar-refractivity contribution in [2.75, 3.05) is 158 Å². The highest BCUT2D eigenvalue weighted by molar-refractivity contribution is 14.1. The second-order valence-electron chi connectivity index (χ2n) is 42.2. The van der Waals surface area contributed by atoms with E-state index in [0.717, 1.165) is 69.1 Å². The lowest BCUT2D eigenvalue weighted by Gasteiger charge is -2.20. The number of ether oxygens (including phenoxy) is 7. The van der Waals surface area contributed by atoms with Crippen molar-refractivity contribution in [3.63, 3.8) is 0 Å². The van der Waals surface area contributed by atoms with E-state index in [9.17, 15) is 40.9 Å². The second-order valence-corrected chi connectivity index (χ2v) is 70.6. The average Bonchev–Trinajstić information content (AvgIpc) is 1.65. The summed E-state index contributed by atoms with van der Waals surface area (Å²) in [5.41, 5.74) is 45.3. The summed E-state index contributed by atoms with van der Waals surface area (Å²) in [5.74, 6) is 1.80. The molecular weight excluding hydrogens is 2140 g/mol. The van der Waals surface area contributed by atoms with E-state index in [1.807, 2.05) is 34.5 Å². The third-order valence-electron chi connectivity index (χ3n) is 26.0. The predicted molar refractivity (Wildman–Crippen MR) is 605 cm³/mol. The fourth-order valence-electron chi connectivity index (χ4n) is 17.9. The van der Waals surface area contributed by atoms with Crippen molar-refractivity contribution in [1.29, 1.82) is 0 Å². The number of methoxy groups -OCH3 is 1. The maximum Gasteiger partial charge on any atom is 0.167 e. The van der Waals surface area contributed by atoms with Gasteiger partial charge in [-0.3, -0.25) is 27.4 Å². The summed E-state index contributed by atoms with van der Waals surface area (Å²) in [6.45, 7) is 25.0. The van der Waals surface area contributed by atoms with Crippen molar-refractivity contribution < 1.29 is 74.0 Å². The van der Waals surface area contributed by atoms with Gasteiger partial charge in [0.1, 0.15) is 87.6 Å². The quantitative estimate of drug-likeness (QED) is 0.0123. The van der Waals surface area contributed by atoms with E-state index < -0.39 is 127 Å². The van der Waals surface area contributed by atoms with Crippen LogP contribution >= 0.6 is 79.8 Å². The minimum atomic E-state index is -1.23. The molecule has 0 radical (unpaired) electrons. The number of hydrogen-bond donors (Lipinski definition) is 14. The number of aliphatic hydroxyl groups is 8. The maximum absolute atomic E-state index is 10.6. The highest BCUT2D eigenvalue weighted by Crippen LogP contribution is 2.49. The Labute approximate surface area is 863 Å². The Bertz CT molecular complexity index is 6430. The van der Waals surface area contributed by atoms with E-state index in [4.69, 9.17) is 67.6 Å². The Morgan fingerprint density at radius 1 is 0.347 bits per heavy atom. The second kappa shape index (κ2) is 47.1. The number of nitrogen functional groups attached to an aromatic ring is 6. The number of nitrogens with two attached hydrogens (primary N) is 6. The van der Waals surface area contributed by atoms with Gasteiger partial charge in [-0.05, 0) is 186 Å². The van der Waals surface area contributed by atoms with Crippen LogP contribution in [0.3, 0.4) is 0 Å². The Hall–Kier alpha value is -7.21. The molecule has 18 rings (SSSR count). The molecule has 18 heterocycles. The van der Waals surface area contributed by atoms with Gasteiger partial charge in [0.05, 0.1) is 124 Å². The zero-order chi connectivity index (χ0) is 105. The van der Waals surface area contributed by atoms with Gasteiger partial charge in [-0.2, -0.15) is 0 Å². The zero-order valence-electron chi connectivity index (χ0n) is 85.1. The molecule has 0 amide bonds. The average molecular weight is 2290 g/mol. The minimum Gasteiger partial charge on any atom is -0.397 e. The van der Waals surface area contributed by atoms with Crippen LogP contribution in [0.2, 0.25) is 0 Å². The highest BCUT2D eigenvalue weighted by Gasteiger charge is 2.51. The molecule has 0 spiro atoms. The van der Waals surface area contributed by atoms with Gasteiger partial charge < -0.3 is 108 Å². The van der Waals surface area contributed by atoms with E-state index in [2.05, 4.69) is 226 Å². The molecule has 0 aliphatic carbocycles. The van der Waals surface area contributed by atoms with Crippen LogP contribution in [0.5, 0.6) is 0 Å². The van der Waals surface area contributed by atoms with E-state index in [0.29, 0.717) is 139 Å². The SMILES string of the molecule is C=P(C)(C)CCC1O[C@@H](n2cnc3c(N)ccnc32)[C@H](Br)[C@@H]1O.C=P(C)(C)CCC1O[C@@H](n2cnc3c(N)ccnc32)[C@H](C)[C@@H]1O.C=P(C)(C)CCC1O[C@@H](n2cnc3c(N)ccnc32)[C@H](I)[C@@H]1O.C=P(C)(C)CCC1O[C@@H](n2cnc3c(N)ccnc32)[C@H](OC)[C@@H]1O.C=P(C)(C)CCC1O[C@@H](n2cnc3c(N)nc(CC)nc32)[C@H](O)[C@@H]1O.C=P(C)(C)CCC1O[C@@H](n2cnc3c(N)nc(CCC)nc32)[C@H](O)[C@@H]1O. The number of alkyl halides is 2. The first kappa shape index (κ1) is 114. The Morgan fingerprint density at radius 2 is 0.625 bits per heavy atom. The Kier molecular flexibility index (Phi) is 37.3. The summed E-state index contributed by atoms with van der Waals surface area (Å²) in [5, 5.41) is 84.0. The maximum atomic E-state index is 10.6. The van der Waals surface area contributed by atoms with E-state index in [-0.39, 0.29) is 57.8 Å². The lowest BCUT2D eigenvalue weighted by Crippen LogP contribution is -2.33. The normalized spacial score (nSPS) is 27.8. The molecule has 41 nitrogen and oxygen atoms in total. The minimum absolute atomic E-state index is 0.0353. The smallest absolute Gasteiger partial charge is 0.167 e. The summed E-state index contributed by atoms with van der Waals surface area (Å²) in [6.07, 6.45) is 42.6. The Morgan fingerprint density at radius 3 is 0.979 bits per heavy atom. The van der Waals surface area contributed by atoms with E-state index in [1.165, 1.54) is 12.7 Å². The third-order valence-corrected chi connectivity index (χ3v) is 37.2. The summed E-state index contributed by atoms with van der Waals surface area (Å²) in [4.78, 5) is 60.5. The number of anilines is 6. The number of fused-ring (bicyclic) bond motifs is 6. The molecule has 49 heteroatoms. The largest absolute Gasteiger partial charge is 0.397 e. The van der Waals surface area contributed by atoms with Crippen molar-refractivity contribution in [3.8, 4) is 0 Å². The first-order valence-electron chi connectivity index (χ1n) is 48.1. The fraction of sp³-hybridized carbons (Fsp3) is 0.579. The number of halogens is 2. The van der Waals surface area contributed by atoms with Crippen molar-refractivity contribution in [1.82, 2.24) is 97.2 Å². The van der Waals surface area contributed by atoms with Gasteiger partial charge in [0.25, 0.3) is 0 Å². The van der Waals surface area contributed by atoms with Crippen LogP contribution in [0.4, 0.5) is 34.4 Å².